The third-order valence-electron chi connectivity index (χ3n) is 5.24. The number of likely N-dealkylation sites (tertiary alicyclic amines) is 1. The maximum Gasteiger partial charge on any atom is 0.407 e. The molecule has 0 aromatic carbocycles. The maximum atomic E-state index is 11.1. The van der Waals surface area contributed by atoms with Crippen molar-refractivity contribution in [3.8, 4) is 0 Å². The maximum absolute atomic E-state index is 11.1. The zero-order chi connectivity index (χ0) is 17.0. The topological polar surface area (TPSA) is 78.6 Å². The van der Waals surface area contributed by atoms with Gasteiger partial charge >= 0.3 is 6.09 Å². The fourth-order valence-corrected chi connectivity index (χ4v) is 4.79. The number of nitrogens with zero attached hydrogens (tertiary/aromatic N) is 3. The van der Waals surface area contributed by atoms with Crippen LogP contribution in [0.2, 0.25) is 0 Å². The van der Waals surface area contributed by atoms with Crippen molar-refractivity contribution in [1.82, 2.24) is 14.7 Å². The molecule has 0 saturated carbocycles. The largest absolute Gasteiger partial charge is 0.465 e. The van der Waals surface area contributed by atoms with E-state index in [0.29, 0.717) is 13.1 Å². The van der Waals surface area contributed by atoms with E-state index in [9.17, 15) is 9.90 Å². The second kappa shape index (κ2) is 5.48. The van der Waals surface area contributed by atoms with Gasteiger partial charge in [-0.05, 0) is 51.0 Å². The Balaban J connectivity index is 1.91. The molecule has 1 amide bonds. The van der Waals surface area contributed by atoms with Gasteiger partial charge in [0.15, 0.2) is 0 Å². The van der Waals surface area contributed by atoms with Gasteiger partial charge in [0.2, 0.25) is 0 Å². The van der Waals surface area contributed by atoms with E-state index in [1.807, 2.05) is 10.9 Å². The van der Waals surface area contributed by atoms with Gasteiger partial charge in [-0.2, -0.15) is 5.10 Å². The molecule has 128 valence electrons. The normalized spacial score (nSPS) is 27.1. The molecule has 2 unspecified atom stereocenters. The minimum Gasteiger partial charge on any atom is -0.465 e. The average molecular weight is 386 g/mol. The number of amides is 1. The van der Waals surface area contributed by atoms with E-state index in [1.165, 1.54) is 4.90 Å². The summed E-state index contributed by atoms with van der Waals surface area (Å²) < 4.78 is 1.92. The van der Waals surface area contributed by atoms with E-state index in [4.69, 9.17) is 5.11 Å². The molecular formula is C16H24BrN3O3. The Labute approximate surface area is 144 Å². The summed E-state index contributed by atoms with van der Waals surface area (Å²) in [5, 5.41) is 24.6. The van der Waals surface area contributed by atoms with E-state index in [1.54, 1.807) is 0 Å². The Kier molecular flexibility index (Phi) is 3.99. The third kappa shape index (κ3) is 2.67. The Morgan fingerprint density at radius 3 is 2.52 bits per heavy atom. The van der Waals surface area contributed by atoms with Crippen LogP contribution >= 0.6 is 15.9 Å². The molecular weight excluding hydrogens is 362 g/mol. The highest BCUT2D eigenvalue weighted by Crippen LogP contribution is 2.51. The van der Waals surface area contributed by atoms with Crippen LogP contribution in [0.15, 0.2) is 6.20 Å². The number of hydrogen-bond acceptors (Lipinski definition) is 3. The molecule has 1 spiro atoms. The lowest BCUT2D eigenvalue weighted by atomic mass is 9.66. The highest BCUT2D eigenvalue weighted by Gasteiger charge is 2.50. The van der Waals surface area contributed by atoms with Gasteiger partial charge in [0.1, 0.15) is 6.10 Å². The number of aliphatic hydroxyl groups is 1. The summed E-state index contributed by atoms with van der Waals surface area (Å²) in [6.07, 6.45) is 2.73. The molecule has 1 aromatic heterocycles. The van der Waals surface area contributed by atoms with Gasteiger partial charge in [0.25, 0.3) is 0 Å². The number of halogens is 1. The predicted molar refractivity (Wildman–Crippen MR) is 89.9 cm³/mol. The predicted octanol–water partition coefficient (Wildman–Crippen LogP) is 2.75. The number of carboxylic acid groups (broad SMARTS) is 1. The van der Waals surface area contributed by atoms with Crippen molar-refractivity contribution in [2.75, 3.05) is 13.1 Å². The average Bonchev–Trinajstić information content (AvgIpc) is 2.89. The van der Waals surface area contributed by atoms with E-state index >= 15 is 0 Å². The number of rotatable bonds is 0. The van der Waals surface area contributed by atoms with Crippen LogP contribution in [-0.4, -0.2) is 48.9 Å². The molecule has 0 bridgehead atoms. The van der Waals surface area contributed by atoms with Crippen LogP contribution in [0.1, 0.15) is 51.0 Å². The van der Waals surface area contributed by atoms with Gasteiger partial charge < -0.3 is 15.1 Å². The molecule has 0 radical (unpaired) electrons. The van der Waals surface area contributed by atoms with Crippen molar-refractivity contribution in [2.24, 2.45) is 5.41 Å². The number of fused-ring (bicyclic) bond motifs is 1. The first-order valence-corrected chi connectivity index (χ1v) is 8.94. The first kappa shape index (κ1) is 16.8. The van der Waals surface area contributed by atoms with Gasteiger partial charge in [-0.3, -0.25) is 4.68 Å². The Hall–Kier alpha value is -1.08. The minimum absolute atomic E-state index is 0.0868. The van der Waals surface area contributed by atoms with Crippen molar-refractivity contribution < 1.29 is 15.0 Å². The van der Waals surface area contributed by atoms with Crippen LogP contribution in [0.3, 0.4) is 0 Å². The number of piperidine rings is 1. The SMILES string of the molecule is CC(C)(C)n1ncc2c1C(O)C(Br)C1(CCN(C(=O)O)CC1)C2. The summed E-state index contributed by atoms with van der Waals surface area (Å²) in [6, 6.07) is 0. The van der Waals surface area contributed by atoms with Crippen LogP contribution in [0.25, 0.3) is 0 Å². The van der Waals surface area contributed by atoms with Gasteiger partial charge in [0.05, 0.1) is 22.3 Å². The Morgan fingerprint density at radius 1 is 1.39 bits per heavy atom. The zero-order valence-corrected chi connectivity index (χ0v) is 15.4. The lowest BCUT2D eigenvalue weighted by Crippen LogP contribution is -2.51. The summed E-state index contributed by atoms with van der Waals surface area (Å²) in [7, 11) is 0. The van der Waals surface area contributed by atoms with E-state index in [2.05, 4.69) is 41.8 Å². The molecule has 2 N–H and O–H groups in total. The van der Waals surface area contributed by atoms with Crippen LogP contribution < -0.4 is 0 Å². The molecule has 1 aromatic rings. The summed E-state index contributed by atoms with van der Waals surface area (Å²) in [6.45, 7) is 7.27. The van der Waals surface area contributed by atoms with Crippen molar-refractivity contribution in [3.05, 3.63) is 17.5 Å². The highest BCUT2D eigenvalue weighted by atomic mass is 79.9. The molecule has 2 aliphatic rings. The molecule has 7 heteroatoms. The third-order valence-corrected chi connectivity index (χ3v) is 6.71. The fourth-order valence-electron chi connectivity index (χ4n) is 3.92. The molecule has 1 saturated heterocycles. The van der Waals surface area contributed by atoms with Gasteiger partial charge in [-0.1, -0.05) is 15.9 Å². The van der Waals surface area contributed by atoms with Gasteiger partial charge in [-0.15, -0.1) is 0 Å². The smallest absolute Gasteiger partial charge is 0.407 e. The molecule has 1 aliphatic carbocycles. The molecule has 2 atom stereocenters. The minimum atomic E-state index is -0.858. The van der Waals surface area contributed by atoms with Crippen molar-refractivity contribution >= 4 is 22.0 Å². The highest BCUT2D eigenvalue weighted by molar-refractivity contribution is 9.09. The summed E-state index contributed by atoms with van der Waals surface area (Å²) in [5.74, 6) is 0. The van der Waals surface area contributed by atoms with Crippen molar-refractivity contribution in [1.29, 1.82) is 0 Å². The second-order valence-electron chi connectivity index (χ2n) is 7.79. The van der Waals surface area contributed by atoms with E-state index < -0.39 is 12.2 Å². The van der Waals surface area contributed by atoms with Crippen LogP contribution in [0, 0.1) is 5.41 Å². The first-order valence-electron chi connectivity index (χ1n) is 8.03. The molecule has 1 fully saturated rings. The van der Waals surface area contributed by atoms with Gasteiger partial charge in [-0.25, -0.2) is 4.79 Å². The van der Waals surface area contributed by atoms with Crippen molar-refractivity contribution in [3.63, 3.8) is 0 Å². The van der Waals surface area contributed by atoms with Crippen LogP contribution in [0.5, 0.6) is 0 Å². The molecule has 1 aliphatic heterocycles. The molecule has 6 nitrogen and oxygen atoms in total. The quantitative estimate of drug-likeness (QED) is 0.672. The lowest BCUT2D eigenvalue weighted by molar-refractivity contribution is 0.0348. The fraction of sp³-hybridized carbons (Fsp3) is 0.750. The number of alkyl halides is 1. The first-order chi connectivity index (χ1) is 10.7. The number of carbonyl (C=O) groups is 1. The monoisotopic (exact) mass is 385 g/mol. The van der Waals surface area contributed by atoms with Crippen LogP contribution in [-0.2, 0) is 12.0 Å². The lowest BCUT2D eigenvalue weighted by Gasteiger charge is -2.48. The number of aliphatic hydroxyl groups excluding tert-OH is 1. The van der Waals surface area contributed by atoms with Crippen molar-refractivity contribution in [2.45, 2.75) is 56.5 Å². The van der Waals surface area contributed by atoms with Gasteiger partial charge in [0, 0.05) is 13.1 Å². The number of aromatic nitrogens is 2. The zero-order valence-electron chi connectivity index (χ0n) is 13.8. The van der Waals surface area contributed by atoms with E-state index in [0.717, 1.165) is 30.5 Å². The molecule has 23 heavy (non-hydrogen) atoms. The standard InChI is InChI=1S/C16H24BrN3O3/c1-15(2,3)20-11-10(9-18-20)8-16(13(17)12(11)21)4-6-19(7-5-16)14(22)23/h9,12-13,21H,4-8H2,1-3H3,(H,22,23). The molecule has 2 heterocycles. The number of hydrogen-bond donors (Lipinski definition) is 2. The Morgan fingerprint density at radius 2 is 2.00 bits per heavy atom. The summed E-state index contributed by atoms with van der Waals surface area (Å²) in [4.78, 5) is 12.5. The van der Waals surface area contributed by atoms with E-state index in [-0.39, 0.29) is 15.8 Å². The molecule has 3 rings (SSSR count). The van der Waals surface area contributed by atoms with Crippen LogP contribution in [0.4, 0.5) is 4.79 Å². The Bertz CT molecular complexity index is 615. The second-order valence-corrected chi connectivity index (χ2v) is 8.78. The summed E-state index contributed by atoms with van der Waals surface area (Å²) in [5.41, 5.74) is 1.69. The summed E-state index contributed by atoms with van der Waals surface area (Å²) >= 11 is 3.73.